The molecule has 1 aliphatic rings. The van der Waals surface area contributed by atoms with Crippen LogP contribution < -0.4 is 10.1 Å². The van der Waals surface area contributed by atoms with Gasteiger partial charge in [-0.3, -0.25) is 4.90 Å². The molecule has 5 nitrogen and oxygen atoms in total. The summed E-state index contributed by atoms with van der Waals surface area (Å²) in [4.78, 5) is 16.5. The number of urea groups is 1. The minimum absolute atomic E-state index is 0.135. The summed E-state index contributed by atoms with van der Waals surface area (Å²) in [5.41, 5.74) is 1.86. The predicted octanol–water partition coefficient (Wildman–Crippen LogP) is 3.23. The third-order valence-corrected chi connectivity index (χ3v) is 4.61. The highest BCUT2D eigenvalue weighted by molar-refractivity contribution is 5.89. The van der Waals surface area contributed by atoms with Gasteiger partial charge in [-0.05, 0) is 48.4 Å². The van der Waals surface area contributed by atoms with Gasteiger partial charge in [-0.2, -0.15) is 0 Å². The molecule has 26 heavy (non-hydrogen) atoms. The van der Waals surface area contributed by atoms with Crippen LogP contribution in [0, 0.1) is 5.82 Å². The number of halogens is 1. The van der Waals surface area contributed by atoms with E-state index in [0.29, 0.717) is 18.8 Å². The molecule has 138 valence electrons. The number of amides is 2. The molecule has 1 heterocycles. The van der Waals surface area contributed by atoms with Crippen LogP contribution in [0.3, 0.4) is 0 Å². The number of methoxy groups -OCH3 is 1. The lowest BCUT2D eigenvalue weighted by atomic mass is 10.1. The van der Waals surface area contributed by atoms with Crippen LogP contribution >= 0.6 is 0 Å². The van der Waals surface area contributed by atoms with Gasteiger partial charge >= 0.3 is 6.03 Å². The lowest BCUT2D eigenvalue weighted by Crippen LogP contribution is -2.50. The second-order valence-corrected chi connectivity index (χ2v) is 6.37. The van der Waals surface area contributed by atoms with Crippen LogP contribution in [0.2, 0.25) is 0 Å². The zero-order chi connectivity index (χ0) is 18.4. The number of nitrogens with one attached hydrogen (secondary N) is 1. The van der Waals surface area contributed by atoms with Crippen LogP contribution in [0.15, 0.2) is 48.5 Å². The minimum Gasteiger partial charge on any atom is -0.497 e. The van der Waals surface area contributed by atoms with E-state index in [1.807, 2.05) is 12.1 Å². The molecule has 0 bridgehead atoms. The van der Waals surface area contributed by atoms with Crippen molar-refractivity contribution >= 4 is 11.7 Å². The molecule has 0 aromatic heterocycles. The highest BCUT2D eigenvalue weighted by atomic mass is 19.1. The molecule has 0 saturated carbocycles. The Labute approximate surface area is 153 Å². The van der Waals surface area contributed by atoms with Crippen molar-refractivity contribution in [3.05, 3.63) is 59.9 Å². The van der Waals surface area contributed by atoms with Crippen LogP contribution in [0.5, 0.6) is 5.75 Å². The summed E-state index contributed by atoms with van der Waals surface area (Å²) >= 11 is 0. The summed E-state index contributed by atoms with van der Waals surface area (Å²) in [6, 6.07) is 13.8. The number of hydrogen-bond acceptors (Lipinski definition) is 3. The molecule has 0 unspecified atom stereocenters. The molecule has 0 radical (unpaired) electrons. The first-order valence-corrected chi connectivity index (χ1v) is 8.81. The van der Waals surface area contributed by atoms with E-state index in [1.165, 1.54) is 17.7 Å². The van der Waals surface area contributed by atoms with E-state index in [2.05, 4.69) is 22.3 Å². The normalized spacial score (nSPS) is 14.9. The second kappa shape index (κ2) is 8.67. The summed E-state index contributed by atoms with van der Waals surface area (Å²) < 4.78 is 18.2. The van der Waals surface area contributed by atoms with Gasteiger partial charge in [0.1, 0.15) is 11.6 Å². The topological polar surface area (TPSA) is 44.8 Å². The first-order chi connectivity index (χ1) is 12.6. The molecule has 1 fully saturated rings. The standard InChI is InChI=1S/C20H24FN3O2/c1-26-19-4-2-3-16(15-19)9-10-23-11-13-24(14-12-23)20(25)22-18-7-5-17(21)6-8-18/h2-8,15H,9-14H2,1H3,(H,22,25). The van der Waals surface area contributed by atoms with Crippen molar-refractivity contribution in [2.24, 2.45) is 0 Å². The summed E-state index contributed by atoms with van der Waals surface area (Å²) in [5.74, 6) is 0.567. The van der Waals surface area contributed by atoms with Crippen LogP contribution in [0.25, 0.3) is 0 Å². The molecule has 2 aromatic rings. The number of carbonyl (C=O) groups excluding carboxylic acids is 1. The van der Waals surface area contributed by atoms with Gasteiger partial charge in [-0.1, -0.05) is 12.1 Å². The number of piperazine rings is 1. The van der Waals surface area contributed by atoms with Gasteiger partial charge in [0.25, 0.3) is 0 Å². The van der Waals surface area contributed by atoms with E-state index in [-0.39, 0.29) is 11.8 Å². The highest BCUT2D eigenvalue weighted by Gasteiger charge is 2.20. The van der Waals surface area contributed by atoms with Gasteiger partial charge in [-0.15, -0.1) is 0 Å². The molecule has 0 atom stereocenters. The monoisotopic (exact) mass is 357 g/mol. The van der Waals surface area contributed by atoms with E-state index < -0.39 is 0 Å². The summed E-state index contributed by atoms with van der Waals surface area (Å²) in [6.07, 6.45) is 0.957. The van der Waals surface area contributed by atoms with Gasteiger partial charge in [0.2, 0.25) is 0 Å². The maximum Gasteiger partial charge on any atom is 0.321 e. The Kier molecular flexibility index (Phi) is 6.07. The number of ether oxygens (including phenoxy) is 1. The largest absolute Gasteiger partial charge is 0.497 e. The van der Waals surface area contributed by atoms with Gasteiger partial charge in [-0.25, -0.2) is 9.18 Å². The molecule has 0 spiro atoms. The average molecular weight is 357 g/mol. The fourth-order valence-electron chi connectivity index (χ4n) is 3.03. The van der Waals surface area contributed by atoms with Crippen molar-refractivity contribution in [1.29, 1.82) is 0 Å². The Morgan fingerprint density at radius 2 is 1.85 bits per heavy atom. The van der Waals surface area contributed by atoms with Crippen LogP contribution in [-0.4, -0.2) is 55.7 Å². The maximum absolute atomic E-state index is 12.9. The van der Waals surface area contributed by atoms with Gasteiger partial charge in [0.15, 0.2) is 0 Å². The number of benzene rings is 2. The molecule has 6 heteroatoms. The maximum atomic E-state index is 12.9. The first kappa shape index (κ1) is 18.2. The van der Waals surface area contributed by atoms with E-state index in [9.17, 15) is 9.18 Å². The molecule has 1 N–H and O–H groups in total. The van der Waals surface area contributed by atoms with E-state index in [0.717, 1.165) is 31.8 Å². The molecule has 0 aliphatic carbocycles. The van der Waals surface area contributed by atoms with Crippen LogP contribution in [0.1, 0.15) is 5.56 Å². The molecular formula is C20H24FN3O2. The predicted molar refractivity (Wildman–Crippen MR) is 100 cm³/mol. The Balaban J connectivity index is 1.43. The van der Waals surface area contributed by atoms with E-state index >= 15 is 0 Å². The molecule has 2 amide bonds. The fraction of sp³-hybridized carbons (Fsp3) is 0.350. The Hall–Kier alpha value is -2.60. The lowest BCUT2D eigenvalue weighted by Gasteiger charge is -2.34. The lowest BCUT2D eigenvalue weighted by molar-refractivity contribution is 0.148. The molecule has 2 aromatic carbocycles. The molecule has 3 rings (SSSR count). The quantitative estimate of drug-likeness (QED) is 0.894. The van der Waals surface area contributed by atoms with E-state index in [4.69, 9.17) is 4.74 Å². The Bertz CT molecular complexity index is 728. The van der Waals surface area contributed by atoms with Crippen molar-refractivity contribution < 1.29 is 13.9 Å². The zero-order valence-corrected chi connectivity index (χ0v) is 15.0. The number of hydrogen-bond donors (Lipinski definition) is 1. The summed E-state index contributed by atoms with van der Waals surface area (Å²) in [5, 5.41) is 2.81. The molecular weight excluding hydrogens is 333 g/mol. The van der Waals surface area contributed by atoms with Crippen LogP contribution in [-0.2, 0) is 6.42 Å². The van der Waals surface area contributed by atoms with Crippen LogP contribution in [0.4, 0.5) is 14.9 Å². The third kappa shape index (κ3) is 4.95. The number of nitrogens with zero attached hydrogens (tertiary/aromatic N) is 2. The van der Waals surface area contributed by atoms with Crippen molar-refractivity contribution in [1.82, 2.24) is 9.80 Å². The second-order valence-electron chi connectivity index (χ2n) is 6.37. The van der Waals surface area contributed by atoms with Crippen molar-refractivity contribution in [3.8, 4) is 5.75 Å². The fourth-order valence-corrected chi connectivity index (χ4v) is 3.03. The van der Waals surface area contributed by atoms with Gasteiger partial charge in [0.05, 0.1) is 7.11 Å². The molecule has 1 aliphatic heterocycles. The minimum atomic E-state index is -0.312. The Morgan fingerprint density at radius 1 is 1.12 bits per heavy atom. The average Bonchev–Trinajstić information content (AvgIpc) is 2.68. The summed E-state index contributed by atoms with van der Waals surface area (Å²) in [6.45, 7) is 4.03. The third-order valence-electron chi connectivity index (χ3n) is 4.61. The highest BCUT2D eigenvalue weighted by Crippen LogP contribution is 2.14. The van der Waals surface area contributed by atoms with E-state index in [1.54, 1.807) is 24.1 Å². The Morgan fingerprint density at radius 3 is 2.54 bits per heavy atom. The molecule has 1 saturated heterocycles. The van der Waals surface area contributed by atoms with Gasteiger partial charge < -0.3 is 15.0 Å². The van der Waals surface area contributed by atoms with Gasteiger partial charge in [0, 0.05) is 38.4 Å². The number of rotatable bonds is 5. The van der Waals surface area contributed by atoms with Crippen molar-refractivity contribution in [3.63, 3.8) is 0 Å². The first-order valence-electron chi connectivity index (χ1n) is 8.81. The van der Waals surface area contributed by atoms with Crippen molar-refractivity contribution in [2.45, 2.75) is 6.42 Å². The smallest absolute Gasteiger partial charge is 0.321 e. The number of carbonyl (C=O) groups is 1. The number of anilines is 1. The van der Waals surface area contributed by atoms with Crippen molar-refractivity contribution in [2.75, 3.05) is 45.2 Å². The summed E-state index contributed by atoms with van der Waals surface area (Å²) in [7, 11) is 1.68. The SMILES string of the molecule is COc1cccc(CCN2CCN(C(=O)Nc3ccc(F)cc3)CC2)c1. The zero-order valence-electron chi connectivity index (χ0n) is 15.0.